The minimum Gasteiger partial charge on any atom is -0.368 e. The van der Waals surface area contributed by atoms with Crippen LogP contribution in [0.2, 0.25) is 0 Å². The van der Waals surface area contributed by atoms with E-state index in [1.54, 1.807) is 12.3 Å². The smallest absolute Gasteiger partial charge is 0.259 e. The normalized spacial score (nSPS) is 17.8. The van der Waals surface area contributed by atoms with Gasteiger partial charge in [0.15, 0.2) is 0 Å². The second-order valence-corrected chi connectivity index (χ2v) is 8.15. The molecule has 0 saturated carbocycles. The van der Waals surface area contributed by atoms with Crippen LogP contribution in [-0.4, -0.2) is 29.5 Å². The lowest BCUT2D eigenvalue weighted by Crippen LogP contribution is -2.39. The van der Waals surface area contributed by atoms with Crippen molar-refractivity contribution in [2.45, 2.75) is 18.9 Å². The number of halogens is 2. The number of hydrogen-bond acceptors (Lipinski definition) is 5. The molecule has 4 rings (SSSR count). The van der Waals surface area contributed by atoms with Crippen LogP contribution in [0.4, 0.5) is 20.2 Å². The van der Waals surface area contributed by atoms with Gasteiger partial charge in [-0.05, 0) is 43.2 Å². The predicted molar refractivity (Wildman–Crippen MR) is 118 cm³/mol. The number of anilines is 2. The van der Waals surface area contributed by atoms with Gasteiger partial charge in [0.2, 0.25) is 0 Å². The average Bonchev–Trinajstić information content (AvgIpc) is 3.14. The number of amides is 1. The van der Waals surface area contributed by atoms with Crippen molar-refractivity contribution in [2.75, 3.05) is 23.3 Å². The van der Waals surface area contributed by atoms with Crippen LogP contribution in [-0.2, 0) is 0 Å². The van der Waals surface area contributed by atoms with E-state index in [9.17, 15) is 18.8 Å². The molecule has 162 valence electrons. The molecule has 8 heteroatoms. The topological polar surface area (TPSA) is 95.0 Å². The highest BCUT2D eigenvalue weighted by Gasteiger charge is 2.33. The summed E-state index contributed by atoms with van der Waals surface area (Å²) in [5, 5.41) is 11.8. The second-order valence-electron chi connectivity index (χ2n) is 8.15. The van der Waals surface area contributed by atoms with Gasteiger partial charge in [-0.1, -0.05) is 18.2 Å². The molecule has 1 aromatic heterocycles. The fourth-order valence-corrected chi connectivity index (χ4v) is 3.88. The summed E-state index contributed by atoms with van der Waals surface area (Å²) in [6.45, 7) is 3.01. The summed E-state index contributed by atoms with van der Waals surface area (Å²) in [6.07, 6.45) is 3.68. The van der Waals surface area contributed by atoms with Gasteiger partial charge in [0.25, 0.3) is 5.91 Å². The van der Waals surface area contributed by atoms with E-state index in [4.69, 9.17) is 5.73 Å². The van der Waals surface area contributed by atoms with Crippen LogP contribution in [0.5, 0.6) is 0 Å². The first kappa shape index (κ1) is 21.4. The van der Waals surface area contributed by atoms with Crippen molar-refractivity contribution in [3.8, 4) is 17.2 Å². The van der Waals surface area contributed by atoms with Crippen LogP contribution in [0.3, 0.4) is 0 Å². The number of carbonyl (C=O) groups excluding carboxylic acids is 1. The summed E-state index contributed by atoms with van der Waals surface area (Å²) >= 11 is 0. The number of nitrogens with zero attached hydrogens (tertiary/aromatic N) is 3. The molecule has 1 aliphatic rings. The SMILES string of the molecule is C[C@]1(N)CCN(c2c(C(=O)Nc3ccccc3F)cncc2-c2ccc(F)c(C#N)c2)C1. The maximum atomic E-state index is 14.1. The minimum atomic E-state index is -0.630. The Kier molecular flexibility index (Phi) is 5.59. The van der Waals surface area contributed by atoms with Crippen LogP contribution in [0, 0.1) is 23.0 Å². The molecule has 0 unspecified atom stereocenters. The third-order valence-electron chi connectivity index (χ3n) is 5.50. The quantitative estimate of drug-likeness (QED) is 0.647. The number of rotatable bonds is 4. The van der Waals surface area contributed by atoms with Gasteiger partial charge >= 0.3 is 0 Å². The molecule has 0 radical (unpaired) electrons. The number of nitrogens with one attached hydrogen (secondary N) is 1. The Hall–Kier alpha value is -3.83. The molecule has 0 aliphatic carbocycles. The number of benzene rings is 2. The van der Waals surface area contributed by atoms with Crippen molar-refractivity contribution >= 4 is 17.3 Å². The lowest BCUT2D eigenvalue weighted by atomic mass is 9.99. The molecule has 1 aliphatic heterocycles. The van der Waals surface area contributed by atoms with Gasteiger partial charge in [-0.15, -0.1) is 0 Å². The van der Waals surface area contributed by atoms with E-state index in [-0.39, 0.29) is 16.8 Å². The number of pyridine rings is 1. The molecule has 3 N–H and O–H groups in total. The Morgan fingerprint density at radius 3 is 2.69 bits per heavy atom. The molecule has 1 amide bonds. The first-order chi connectivity index (χ1) is 15.3. The van der Waals surface area contributed by atoms with Crippen molar-refractivity contribution < 1.29 is 13.6 Å². The zero-order valence-corrected chi connectivity index (χ0v) is 17.4. The zero-order valence-electron chi connectivity index (χ0n) is 17.4. The standard InChI is InChI=1S/C24H21F2N5O/c1-24(28)8-9-31(14-24)22-17(15-6-7-19(25)16(10-15)11-27)12-29-13-18(22)23(32)30-21-5-3-2-4-20(21)26/h2-7,10,12-13H,8-9,14,28H2,1H3,(H,30,32)/t24-/m0/s1. The largest absolute Gasteiger partial charge is 0.368 e. The first-order valence-corrected chi connectivity index (χ1v) is 10.1. The lowest BCUT2D eigenvalue weighted by molar-refractivity contribution is 0.102. The van der Waals surface area contributed by atoms with Crippen LogP contribution in [0.1, 0.15) is 29.3 Å². The number of para-hydroxylation sites is 1. The number of nitriles is 1. The molecule has 1 atom stereocenters. The van der Waals surface area contributed by atoms with Gasteiger partial charge in [0, 0.05) is 36.6 Å². The lowest BCUT2D eigenvalue weighted by Gasteiger charge is -2.26. The van der Waals surface area contributed by atoms with Crippen LogP contribution in [0.15, 0.2) is 54.9 Å². The molecule has 6 nitrogen and oxygen atoms in total. The number of hydrogen-bond donors (Lipinski definition) is 2. The molecule has 0 spiro atoms. The fraction of sp³-hybridized carbons (Fsp3) is 0.208. The molecule has 2 aromatic carbocycles. The molecule has 2 heterocycles. The van der Waals surface area contributed by atoms with E-state index >= 15 is 0 Å². The molecule has 3 aromatic rings. The molecule has 32 heavy (non-hydrogen) atoms. The Balaban J connectivity index is 1.84. The average molecular weight is 433 g/mol. The van der Waals surface area contributed by atoms with E-state index in [1.807, 2.05) is 17.9 Å². The Bertz CT molecular complexity index is 1240. The van der Waals surface area contributed by atoms with E-state index < -0.39 is 23.1 Å². The molecule has 1 saturated heterocycles. The third-order valence-corrected chi connectivity index (χ3v) is 5.50. The van der Waals surface area contributed by atoms with Crippen molar-refractivity contribution in [3.63, 3.8) is 0 Å². The summed E-state index contributed by atoms with van der Waals surface area (Å²) < 4.78 is 28.0. The third kappa shape index (κ3) is 4.15. The molecule has 0 bridgehead atoms. The highest BCUT2D eigenvalue weighted by Crippen LogP contribution is 2.37. The maximum Gasteiger partial charge on any atom is 0.259 e. The highest BCUT2D eigenvalue weighted by molar-refractivity contribution is 6.10. The number of aromatic nitrogens is 1. The number of nitrogens with two attached hydrogens (primary N) is 1. The monoisotopic (exact) mass is 433 g/mol. The molecule has 1 fully saturated rings. The zero-order chi connectivity index (χ0) is 22.9. The van der Waals surface area contributed by atoms with Gasteiger partial charge in [0.1, 0.15) is 17.7 Å². The fourth-order valence-electron chi connectivity index (χ4n) is 3.88. The minimum absolute atomic E-state index is 0.0486. The van der Waals surface area contributed by atoms with Crippen molar-refractivity contribution in [2.24, 2.45) is 5.73 Å². The summed E-state index contributed by atoms with van der Waals surface area (Å²) in [4.78, 5) is 19.4. The summed E-state index contributed by atoms with van der Waals surface area (Å²) in [5.74, 6) is -1.72. The summed E-state index contributed by atoms with van der Waals surface area (Å²) in [7, 11) is 0. The summed E-state index contributed by atoms with van der Waals surface area (Å²) in [5.41, 5.74) is 7.69. The maximum absolute atomic E-state index is 14.1. The van der Waals surface area contributed by atoms with Gasteiger partial charge in [-0.25, -0.2) is 8.78 Å². The first-order valence-electron chi connectivity index (χ1n) is 10.1. The van der Waals surface area contributed by atoms with Gasteiger partial charge < -0.3 is 16.0 Å². The Labute approximate surface area is 184 Å². The number of carbonyl (C=O) groups is 1. The second kappa shape index (κ2) is 8.36. The van der Waals surface area contributed by atoms with Crippen molar-refractivity contribution in [1.29, 1.82) is 5.26 Å². The Morgan fingerprint density at radius 1 is 1.22 bits per heavy atom. The van der Waals surface area contributed by atoms with Gasteiger partial charge in [0.05, 0.1) is 22.5 Å². The van der Waals surface area contributed by atoms with E-state index in [2.05, 4.69) is 10.3 Å². The van der Waals surface area contributed by atoms with E-state index in [0.717, 1.165) is 0 Å². The van der Waals surface area contributed by atoms with Crippen LogP contribution in [0.25, 0.3) is 11.1 Å². The predicted octanol–water partition coefficient (Wildman–Crippen LogP) is 4.08. The van der Waals surface area contributed by atoms with E-state index in [1.165, 1.54) is 42.6 Å². The van der Waals surface area contributed by atoms with E-state index in [0.29, 0.717) is 36.3 Å². The molecular weight excluding hydrogens is 412 g/mol. The summed E-state index contributed by atoms with van der Waals surface area (Å²) in [6, 6.07) is 11.9. The van der Waals surface area contributed by atoms with Crippen molar-refractivity contribution in [1.82, 2.24) is 4.98 Å². The van der Waals surface area contributed by atoms with Crippen molar-refractivity contribution in [3.05, 3.63) is 77.6 Å². The van der Waals surface area contributed by atoms with Gasteiger partial charge in [-0.2, -0.15) is 5.26 Å². The Morgan fingerprint density at radius 2 is 2.00 bits per heavy atom. The van der Waals surface area contributed by atoms with Gasteiger partial charge in [-0.3, -0.25) is 9.78 Å². The molecular formula is C24H21F2N5O. The van der Waals surface area contributed by atoms with Crippen LogP contribution >= 0.6 is 0 Å². The van der Waals surface area contributed by atoms with Crippen LogP contribution < -0.4 is 16.0 Å². The highest BCUT2D eigenvalue weighted by atomic mass is 19.1.